The Morgan fingerprint density at radius 3 is 3.14 bits per heavy atom. The molecule has 2 heteroatoms. The molecule has 1 aromatic carbocycles. The molecule has 0 radical (unpaired) electrons. The third-order valence-corrected chi connectivity index (χ3v) is 4.07. The van der Waals surface area contributed by atoms with Crippen molar-refractivity contribution in [3.05, 3.63) is 33.8 Å². The predicted molar refractivity (Wildman–Crippen MR) is 61.3 cm³/mol. The van der Waals surface area contributed by atoms with Crippen LogP contribution in [0.2, 0.25) is 0 Å². The summed E-state index contributed by atoms with van der Waals surface area (Å²) in [5.41, 5.74) is 3.08. The van der Waals surface area contributed by atoms with Gasteiger partial charge in [0.2, 0.25) is 0 Å². The van der Waals surface area contributed by atoms with Gasteiger partial charge in [0.15, 0.2) is 0 Å². The zero-order chi connectivity index (χ0) is 9.54. The first-order valence-electron chi connectivity index (χ1n) is 5.36. The molecule has 2 atom stereocenters. The Labute approximate surface area is 93.0 Å². The third kappa shape index (κ3) is 1.32. The van der Waals surface area contributed by atoms with E-state index in [2.05, 4.69) is 39.4 Å². The number of nitrogens with one attached hydrogen (secondary N) is 1. The van der Waals surface area contributed by atoms with Gasteiger partial charge in [0.05, 0.1) is 0 Å². The molecule has 1 heterocycles. The molecule has 1 aliphatic heterocycles. The van der Waals surface area contributed by atoms with Crippen LogP contribution in [0.1, 0.15) is 30.0 Å². The predicted octanol–water partition coefficient (Wildman–Crippen LogP) is 3.05. The summed E-state index contributed by atoms with van der Waals surface area (Å²) in [4.78, 5) is 0. The van der Waals surface area contributed by atoms with Gasteiger partial charge in [0.1, 0.15) is 0 Å². The van der Waals surface area contributed by atoms with E-state index in [4.69, 9.17) is 0 Å². The lowest BCUT2D eigenvalue weighted by molar-refractivity contribution is 0.405. The Morgan fingerprint density at radius 2 is 2.21 bits per heavy atom. The molecule has 2 unspecified atom stereocenters. The summed E-state index contributed by atoms with van der Waals surface area (Å²) < 4.78 is 1.22. The van der Waals surface area contributed by atoms with Gasteiger partial charge in [-0.2, -0.15) is 0 Å². The average Bonchev–Trinajstić information content (AvgIpc) is 2.65. The maximum atomic E-state index is 3.62. The lowest BCUT2D eigenvalue weighted by Crippen LogP contribution is -2.23. The average molecular weight is 252 g/mol. The first-order valence-corrected chi connectivity index (χ1v) is 6.15. The van der Waals surface area contributed by atoms with E-state index >= 15 is 0 Å². The molecule has 1 saturated heterocycles. The summed E-state index contributed by atoms with van der Waals surface area (Å²) in [6.45, 7) is 1.20. The van der Waals surface area contributed by atoms with Crippen LogP contribution in [-0.2, 0) is 6.42 Å². The van der Waals surface area contributed by atoms with Crippen molar-refractivity contribution in [2.75, 3.05) is 6.54 Å². The lowest BCUT2D eigenvalue weighted by atomic mass is 9.81. The highest BCUT2D eigenvalue weighted by molar-refractivity contribution is 9.10. The second-order valence-corrected chi connectivity index (χ2v) is 5.28. The van der Waals surface area contributed by atoms with E-state index in [1.54, 1.807) is 5.56 Å². The van der Waals surface area contributed by atoms with E-state index in [9.17, 15) is 0 Å². The normalized spacial score (nSPS) is 29.8. The van der Waals surface area contributed by atoms with Crippen LogP contribution in [0.4, 0.5) is 0 Å². The molecule has 0 spiro atoms. The van der Waals surface area contributed by atoms with Crippen LogP contribution in [0.15, 0.2) is 22.7 Å². The Hall–Kier alpha value is -0.340. The fraction of sp³-hybridized carbons (Fsp3) is 0.500. The van der Waals surface area contributed by atoms with Crippen molar-refractivity contribution in [1.29, 1.82) is 0 Å². The van der Waals surface area contributed by atoms with Crippen molar-refractivity contribution >= 4 is 15.9 Å². The molecule has 0 aromatic heterocycles. The number of aryl methyl sites for hydroxylation is 1. The monoisotopic (exact) mass is 251 g/mol. The fourth-order valence-corrected chi connectivity index (χ4v) is 3.28. The zero-order valence-electron chi connectivity index (χ0n) is 8.09. The largest absolute Gasteiger partial charge is 0.310 e. The van der Waals surface area contributed by atoms with E-state index in [0.29, 0.717) is 6.04 Å². The van der Waals surface area contributed by atoms with Crippen LogP contribution < -0.4 is 5.32 Å². The van der Waals surface area contributed by atoms with Gasteiger partial charge >= 0.3 is 0 Å². The van der Waals surface area contributed by atoms with Gasteiger partial charge < -0.3 is 5.32 Å². The van der Waals surface area contributed by atoms with Crippen LogP contribution >= 0.6 is 15.9 Å². The van der Waals surface area contributed by atoms with E-state index < -0.39 is 0 Å². The van der Waals surface area contributed by atoms with Gasteiger partial charge in [0.25, 0.3) is 0 Å². The van der Waals surface area contributed by atoms with Gasteiger partial charge in [-0.1, -0.05) is 22.0 Å². The second kappa shape index (κ2) is 3.35. The second-order valence-electron chi connectivity index (χ2n) is 4.36. The molecular formula is C12H14BrN. The minimum absolute atomic E-state index is 0.645. The minimum Gasteiger partial charge on any atom is -0.310 e. The molecular weight excluding hydrogens is 238 g/mol. The Bertz CT molecular complexity index is 361. The molecule has 0 amide bonds. The molecule has 74 valence electrons. The first kappa shape index (κ1) is 8.93. The summed E-state index contributed by atoms with van der Waals surface area (Å²) in [6, 6.07) is 7.38. The number of halogens is 1. The van der Waals surface area contributed by atoms with Crippen LogP contribution in [-0.4, -0.2) is 6.54 Å². The molecule has 1 aromatic rings. The lowest BCUT2D eigenvalue weighted by Gasteiger charge is -2.28. The third-order valence-electron chi connectivity index (χ3n) is 3.58. The van der Waals surface area contributed by atoms with Crippen molar-refractivity contribution in [3.8, 4) is 0 Å². The van der Waals surface area contributed by atoms with Gasteiger partial charge in [-0.3, -0.25) is 0 Å². The number of fused-ring (bicyclic) bond motifs is 3. The summed E-state index contributed by atoms with van der Waals surface area (Å²) in [5, 5.41) is 3.62. The number of hydrogen-bond acceptors (Lipinski definition) is 1. The molecule has 0 saturated carbocycles. The van der Waals surface area contributed by atoms with Gasteiger partial charge in [0, 0.05) is 10.5 Å². The van der Waals surface area contributed by atoms with Crippen molar-refractivity contribution in [2.45, 2.75) is 25.3 Å². The molecule has 1 fully saturated rings. The SMILES string of the molecule is Brc1ccc2c(c1)CCC1CCNC21. The van der Waals surface area contributed by atoms with E-state index in [1.165, 1.54) is 35.8 Å². The first-order chi connectivity index (χ1) is 6.84. The standard InChI is InChI=1S/C12H14BrN/c13-10-3-4-11-9(7-10)2-1-8-5-6-14-12(8)11/h3-4,7-8,12,14H,1-2,5-6H2. The van der Waals surface area contributed by atoms with E-state index in [0.717, 1.165) is 5.92 Å². The molecule has 14 heavy (non-hydrogen) atoms. The highest BCUT2D eigenvalue weighted by atomic mass is 79.9. The van der Waals surface area contributed by atoms with Crippen LogP contribution in [0, 0.1) is 5.92 Å². The number of hydrogen-bond donors (Lipinski definition) is 1. The van der Waals surface area contributed by atoms with E-state index in [-0.39, 0.29) is 0 Å². The van der Waals surface area contributed by atoms with Gasteiger partial charge in [-0.25, -0.2) is 0 Å². The Kier molecular flexibility index (Phi) is 2.14. The maximum Gasteiger partial charge on any atom is 0.0351 e. The smallest absolute Gasteiger partial charge is 0.0351 e. The summed E-state index contributed by atoms with van der Waals surface area (Å²) >= 11 is 3.54. The minimum atomic E-state index is 0.645. The topological polar surface area (TPSA) is 12.0 Å². The zero-order valence-corrected chi connectivity index (χ0v) is 9.68. The van der Waals surface area contributed by atoms with Gasteiger partial charge in [-0.05, 0) is 55.0 Å². The molecule has 1 nitrogen and oxygen atoms in total. The van der Waals surface area contributed by atoms with Crippen LogP contribution in [0.25, 0.3) is 0 Å². The highest BCUT2D eigenvalue weighted by Crippen LogP contribution is 2.39. The van der Waals surface area contributed by atoms with Crippen molar-refractivity contribution < 1.29 is 0 Å². The molecule has 3 rings (SSSR count). The van der Waals surface area contributed by atoms with Gasteiger partial charge in [-0.15, -0.1) is 0 Å². The Balaban J connectivity index is 2.05. The van der Waals surface area contributed by atoms with Crippen molar-refractivity contribution in [2.24, 2.45) is 5.92 Å². The fourth-order valence-electron chi connectivity index (χ4n) is 2.87. The van der Waals surface area contributed by atoms with Crippen molar-refractivity contribution in [3.63, 3.8) is 0 Å². The summed E-state index contributed by atoms with van der Waals surface area (Å²) in [7, 11) is 0. The Morgan fingerprint density at radius 1 is 1.29 bits per heavy atom. The van der Waals surface area contributed by atoms with Crippen LogP contribution in [0.3, 0.4) is 0 Å². The van der Waals surface area contributed by atoms with Crippen LogP contribution in [0.5, 0.6) is 0 Å². The van der Waals surface area contributed by atoms with E-state index in [1.807, 2.05) is 0 Å². The van der Waals surface area contributed by atoms with Crippen molar-refractivity contribution in [1.82, 2.24) is 5.32 Å². The highest BCUT2D eigenvalue weighted by Gasteiger charge is 2.32. The number of rotatable bonds is 0. The summed E-state index contributed by atoms with van der Waals surface area (Å²) in [5.74, 6) is 0.892. The molecule has 1 N–H and O–H groups in total. The number of benzene rings is 1. The molecule has 1 aliphatic carbocycles. The summed E-state index contributed by atoms with van der Waals surface area (Å²) in [6.07, 6.45) is 3.99. The quantitative estimate of drug-likeness (QED) is 0.748. The maximum absolute atomic E-state index is 3.62. The molecule has 2 aliphatic rings. The molecule has 0 bridgehead atoms.